The third-order valence-corrected chi connectivity index (χ3v) is 1.65. The quantitative estimate of drug-likeness (QED) is 0.719. The molecule has 0 fully saturated rings. The van der Waals surface area contributed by atoms with E-state index < -0.39 is 0 Å². The Bertz CT molecular complexity index is 308. The highest BCUT2D eigenvalue weighted by molar-refractivity contribution is 5.94. The molecule has 0 bridgehead atoms. The lowest BCUT2D eigenvalue weighted by Crippen LogP contribution is -2.06. The number of anilines is 1. The lowest BCUT2D eigenvalue weighted by molar-refractivity contribution is 0.0963. The first kappa shape index (κ1) is 9.71. The Balaban J connectivity index is 2.77. The van der Waals surface area contributed by atoms with E-state index >= 15 is 0 Å². The summed E-state index contributed by atoms with van der Waals surface area (Å²) in [7, 11) is 0. The Morgan fingerprint density at radius 1 is 1.54 bits per heavy atom. The molecule has 0 amide bonds. The van der Waals surface area contributed by atoms with E-state index in [9.17, 15) is 4.79 Å². The molecule has 0 saturated heterocycles. The normalized spacial score (nSPS) is 10.4. The van der Waals surface area contributed by atoms with Gasteiger partial charge >= 0.3 is 0 Å². The van der Waals surface area contributed by atoms with Crippen molar-refractivity contribution in [2.75, 3.05) is 5.73 Å². The Morgan fingerprint density at radius 2 is 2.23 bits per heavy atom. The fourth-order valence-corrected chi connectivity index (χ4v) is 1.08. The second-order valence-corrected chi connectivity index (χ2v) is 3.47. The van der Waals surface area contributed by atoms with Crippen molar-refractivity contribution in [3.05, 3.63) is 23.9 Å². The maximum atomic E-state index is 11.5. The summed E-state index contributed by atoms with van der Waals surface area (Å²) < 4.78 is 0. The maximum Gasteiger partial charge on any atom is 0.181 e. The van der Waals surface area contributed by atoms with Crippen LogP contribution in [0.1, 0.15) is 30.8 Å². The summed E-state index contributed by atoms with van der Waals surface area (Å²) in [5.74, 6) is 0.813. The van der Waals surface area contributed by atoms with Gasteiger partial charge in [-0.3, -0.25) is 4.79 Å². The summed E-state index contributed by atoms with van der Waals surface area (Å²) in [5, 5.41) is 0. The minimum atomic E-state index is 0.0577. The molecule has 0 radical (unpaired) electrons. The molecule has 1 aromatic heterocycles. The van der Waals surface area contributed by atoms with Crippen molar-refractivity contribution in [3.63, 3.8) is 0 Å². The van der Waals surface area contributed by atoms with E-state index in [-0.39, 0.29) is 5.78 Å². The number of aromatic nitrogens is 1. The number of carbonyl (C=O) groups excluding carboxylic acids is 1. The van der Waals surface area contributed by atoms with E-state index in [2.05, 4.69) is 4.98 Å². The average Bonchev–Trinajstić information content (AvgIpc) is 2.03. The zero-order valence-electron chi connectivity index (χ0n) is 7.95. The van der Waals surface area contributed by atoms with E-state index in [1.807, 2.05) is 13.8 Å². The van der Waals surface area contributed by atoms with Crippen LogP contribution >= 0.6 is 0 Å². The Labute approximate surface area is 78.0 Å². The van der Waals surface area contributed by atoms with Crippen LogP contribution in [0.2, 0.25) is 0 Å². The summed E-state index contributed by atoms with van der Waals surface area (Å²) >= 11 is 0. The van der Waals surface area contributed by atoms with Crippen LogP contribution < -0.4 is 5.73 Å². The van der Waals surface area contributed by atoms with Crippen LogP contribution in [0, 0.1) is 5.92 Å². The van der Waals surface area contributed by atoms with Crippen molar-refractivity contribution < 1.29 is 4.79 Å². The first-order chi connectivity index (χ1) is 6.09. The summed E-state index contributed by atoms with van der Waals surface area (Å²) in [6, 6.07) is 5.11. The largest absolute Gasteiger partial charge is 0.384 e. The molecule has 1 aromatic rings. The Hall–Kier alpha value is -1.38. The van der Waals surface area contributed by atoms with Gasteiger partial charge in [-0.1, -0.05) is 19.9 Å². The predicted molar refractivity (Wildman–Crippen MR) is 52.4 cm³/mol. The van der Waals surface area contributed by atoms with E-state index in [1.54, 1.807) is 18.2 Å². The van der Waals surface area contributed by atoms with Crippen molar-refractivity contribution in [1.29, 1.82) is 0 Å². The third kappa shape index (κ3) is 2.86. The van der Waals surface area contributed by atoms with Crippen LogP contribution in [-0.4, -0.2) is 10.8 Å². The van der Waals surface area contributed by atoms with Gasteiger partial charge in [0.05, 0.1) is 0 Å². The molecule has 1 rings (SSSR count). The number of carbonyl (C=O) groups is 1. The lowest BCUT2D eigenvalue weighted by atomic mass is 10.1. The molecule has 0 aliphatic carbocycles. The molecule has 0 atom stereocenters. The van der Waals surface area contributed by atoms with Crippen molar-refractivity contribution in [1.82, 2.24) is 4.98 Å². The van der Waals surface area contributed by atoms with Gasteiger partial charge in [0, 0.05) is 6.42 Å². The number of hydrogen-bond donors (Lipinski definition) is 1. The number of pyridine rings is 1. The number of nitrogen functional groups attached to an aromatic ring is 1. The van der Waals surface area contributed by atoms with E-state index in [4.69, 9.17) is 5.73 Å². The van der Waals surface area contributed by atoms with Gasteiger partial charge in [0.2, 0.25) is 0 Å². The fraction of sp³-hybridized carbons (Fsp3) is 0.400. The van der Waals surface area contributed by atoms with Gasteiger partial charge in [-0.05, 0) is 18.1 Å². The van der Waals surface area contributed by atoms with Crippen LogP contribution in [0.4, 0.5) is 5.82 Å². The molecule has 13 heavy (non-hydrogen) atoms. The predicted octanol–water partition coefficient (Wildman–Crippen LogP) is 1.89. The van der Waals surface area contributed by atoms with Gasteiger partial charge in [0.15, 0.2) is 5.78 Å². The molecule has 2 N–H and O–H groups in total. The highest BCUT2D eigenvalue weighted by Crippen LogP contribution is 2.08. The summed E-state index contributed by atoms with van der Waals surface area (Å²) in [4.78, 5) is 15.4. The maximum absolute atomic E-state index is 11.5. The van der Waals surface area contributed by atoms with E-state index in [0.29, 0.717) is 23.9 Å². The smallest absolute Gasteiger partial charge is 0.181 e. The standard InChI is InChI=1S/C10H14N2O/c1-7(2)6-9(13)8-4-3-5-10(11)12-8/h3-5,7H,6H2,1-2H3,(H2,11,12). The minimum Gasteiger partial charge on any atom is -0.384 e. The average molecular weight is 178 g/mol. The van der Waals surface area contributed by atoms with Crippen LogP contribution in [0.15, 0.2) is 18.2 Å². The first-order valence-electron chi connectivity index (χ1n) is 4.35. The number of rotatable bonds is 3. The first-order valence-corrected chi connectivity index (χ1v) is 4.35. The van der Waals surface area contributed by atoms with Crippen molar-refractivity contribution in [2.24, 2.45) is 5.92 Å². The number of nitrogens with zero attached hydrogens (tertiary/aromatic N) is 1. The van der Waals surface area contributed by atoms with Gasteiger partial charge in [-0.2, -0.15) is 0 Å². The molecule has 3 nitrogen and oxygen atoms in total. The molecular formula is C10H14N2O. The zero-order chi connectivity index (χ0) is 9.84. The molecule has 0 aliphatic heterocycles. The molecular weight excluding hydrogens is 164 g/mol. The Kier molecular flexibility index (Phi) is 3.01. The number of Topliss-reactive ketones (excluding diaryl/α,β-unsaturated/α-hetero) is 1. The fourth-order valence-electron chi connectivity index (χ4n) is 1.08. The summed E-state index contributed by atoms with van der Waals surface area (Å²) in [6.07, 6.45) is 0.524. The van der Waals surface area contributed by atoms with Gasteiger partial charge in [0.25, 0.3) is 0 Å². The van der Waals surface area contributed by atoms with Crippen LogP contribution in [-0.2, 0) is 0 Å². The molecule has 0 aliphatic rings. The van der Waals surface area contributed by atoms with E-state index in [0.717, 1.165) is 0 Å². The Morgan fingerprint density at radius 3 is 2.77 bits per heavy atom. The van der Waals surface area contributed by atoms with Gasteiger partial charge in [-0.25, -0.2) is 4.98 Å². The topological polar surface area (TPSA) is 56.0 Å². The summed E-state index contributed by atoms with van der Waals surface area (Å²) in [6.45, 7) is 4.01. The second-order valence-electron chi connectivity index (χ2n) is 3.47. The van der Waals surface area contributed by atoms with Gasteiger partial charge in [0.1, 0.15) is 11.5 Å². The molecule has 0 unspecified atom stereocenters. The number of ketones is 1. The van der Waals surface area contributed by atoms with Crippen molar-refractivity contribution in [2.45, 2.75) is 20.3 Å². The molecule has 1 heterocycles. The van der Waals surface area contributed by atoms with E-state index in [1.165, 1.54) is 0 Å². The lowest BCUT2D eigenvalue weighted by Gasteiger charge is -2.03. The van der Waals surface area contributed by atoms with Crippen LogP contribution in [0.5, 0.6) is 0 Å². The van der Waals surface area contributed by atoms with Crippen LogP contribution in [0.25, 0.3) is 0 Å². The molecule has 70 valence electrons. The van der Waals surface area contributed by atoms with Gasteiger partial charge < -0.3 is 5.73 Å². The monoisotopic (exact) mass is 178 g/mol. The van der Waals surface area contributed by atoms with Crippen LogP contribution in [0.3, 0.4) is 0 Å². The highest BCUT2D eigenvalue weighted by atomic mass is 16.1. The number of hydrogen-bond acceptors (Lipinski definition) is 3. The zero-order valence-corrected chi connectivity index (χ0v) is 7.95. The molecule has 0 aromatic carbocycles. The minimum absolute atomic E-state index is 0.0577. The SMILES string of the molecule is CC(C)CC(=O)c1cccc(N)n1. The molecule has 0 saturated carbocycles. The second kappa shape index (κ2) is 4.03. The van der Waals surface area contributed by atoms with Crippen molar-refractivity contribution in [3.8, 4) is 0 Å². The van der Waals surface area contributed by atoms with Crippen molar-refractivity contribution >= 4 is 11.6 Å². The highest BCUT2D eigenvalue weighted by Gasteiger charge is 2.09. The third-order valence-electron chi connectivity index (χ3n) is 1.65. The molecule has 0 spiro atoms. The number of nitrogens with two attached hydrogens (primary N) is 1. The van der Waals surface area contributed by atoms with Gasteiger partial charge in [-0.15, -0.1) is 0 Å². The summed E-state index contributed by atoms with van der Waals surface area (Å²) in [5.41, 5.74) is 5.93. The molecule has 3 heteroatoms.